The summed E-state index contributed by atoms with van der Waals surface area (Å²) in [6.45, 7) is 9.75. The lowest BCUT2D eigenvalue weighted by Gasteiger charge is -2.36. The van der Waals surface area contributed by atoms with Crippen molar-refractivity contribution in [2.75, 3.05) is 32.7 Å². The van der Waals surface area contributed by atoms with Crippen LogP contribution in [0.3, 0.4) is 0 Å². The maximum Gasteiger partial charge on any atom is 0.169 e. The largest absolute Gasteiger partial charge is 0.362 e. The highest BCUT2D eigenvalue weighted by molar-refractivity contribution is 7.80. The van der Waals surface area contributed by atoms with Gasteiger partial charge < -0.3 is 10.2 Å². The molecule has 1 heterocycles. The molecule has 0 atom stereocenters. The SMILES string of the molecule is CC(C)CNC(=S)N1CCN(Cc2ccc(F)c(Cl)c2)CC1. The van der Waals surface area contributed by atoms with Crippen molar-refractivity contribution in [2.45, 2.75) is 20.4 Å². The summed E-state index contributed by atoms with van der Waals surface area (Å²) in [6.07, 6.45) is 0. The van der Waals surface area contributed by atoms with E-state index in [1.54, 1.807) is 12.1 Å². The maximum absolute atomic E-state index is 13.2. The number of piperazine rings is 1. The smallest absolute Gasteiger partial charge is 0.169 e. The molecule has 1 aliphatic heterocycles. The van der Waals surface area contributed by atoms with Crippen LogP contribution >= 0.6 is 23.8 Å². The van der Waals surface area contributed by atoms with Crippen molar-refractivity contribution in [1.29, 1.82) is 0 Å². The van der Waals surface area contributed by atoms with Crippen LogP contribution in [-0.2, 0) is 6.54 Å². The third-order valence-corrected chi connectivity index (χ3v) is 4.40. The van der Waals surface area contributed by atoms with Crippen LogP contribution < -0.4 is 5.32 Å². The Kier molecular flexibility index (Phi) is 6.41. The Balaban J connectivity index is 1.79. The van der Waals surface area contributed by atoms with Crippen molar-refractivity contribution in [2.24, 2.45) is 5.92 Å². The standard InChI is InChI=1S/C16H23ClFN3S/c1-12(2)10-19-16(22)21-7-5-20(6-8-21)11-13-3-4-15(18)14(17)9-13/h3-4,9,12H,5-8,10-11H2,1-2H3,(H,19,22). The molecule has 22 heavy (non-hydrogen) atoms. The highest BCUT2D eigenvalue weighted by Crippen LogP contribution is 2.17. The summed E-state index contributed by atoms with van der Waals surface area (Å²) in [7, 11) is 0. The first-order valence-corrected chi connectivity index (χ1v) is 8.43. The summed E-state index contributed by atoms with van der Waals surface area (Å²) in [6, 6.07) is 4.93. The second kappa shape index (κ2) is 8.09. The van der Waals surface area contributed by atoms with E-state index in [0.717, 1.165) is 49.9 Å². The van der Waals surface area contributed by atoms with Gasteiger partial charge in [-0.2, -0.15) is 0 Å². The second-order valence-corrected chi connectivity index (χ2v) is 6.89. The van der Waals surface area contributed by atoms with Crippen LogP contribution in [0.15, 0.2) is 18.2 Å². The predicted octanol–water partition coefficient (Wildman–Crippen LogP) is 3.13. The summed E-state index contributed by atoms with van der Waals surface area (Å²) in [4.78, 5) is 4.55. The van der Waals surface area contributed by atoms with E-state index in [4.69, 9.17) is 23.8 Å². The fourth-order valence-electron chi connectivity index (χ4n) is 2.41. The Morgan fingerprint density at radius 1 is 1.32 bits per heavy atom. The molecule has 1 N–H and O–H groups in total. The summed E-state index contributed by atoms with van der Waals surface area (Å²) in [5.74, 6) is 0.222. The molecule has 1 aliphatic rings. The molecule has 0 aromatic heterocycles. The number of nitrogens with one attached hydrogen (secondary N) is 1. The molecule has 2 rings (SSSR count). The molecular weight excluding hydrogens is 321 g/mol. The summed E-state index contributed by atoms with van der Waals surface area (Å²) in [5.41, 5.74) is 1.04. The van der Waals surface area contributed by atoms with E-state index in [1.165, 1.54) is 6.07 Å². The zero-order chi connectivity index (χ0) is 16.1. The van der Waals surface area contributed by atoms with Crippen LogP contribution in [0.5, 0.6) is 0 Å². The Hall–Kier alpha value is -0.910. The lowest BCUT2D eigenvalue weighted by atomic mass is 10.2. The number of rotatable bonds is 4. The van der Waals surface area contributed by atoms with Gasteiger partial charge in [-0.3, -0.25) is 4.90 Å². The molecule has 0 amide bonds. The number of nitrogens with zero attached hydrogens (tertiary/aromatic N) is 2. The molecule has 0 aliphatic carbocycles. The molecule has 3 nitrogen and oxygen atoms in total. The van der Waals surface area contributed by atoms with Gasteiger partial charge in [-0.1, -0.05) is 31.5 Å². The van der Waals surface area contributed by atoms with E-state index in [-0.39, 0.29) is 10.8 Å². The zero-order valence-corrected chi connectivity index (χ0v) is 14.7. The Morgan fingerprint density at radius 3 is 2.59 bits per heavy atom. The van der Waals surface area contributed by atoms with Gasteiger partial charge in [0.25, 0.3) is 0 Å². The second-order valence-electron chi connectivity index (χ2n) is 6.09. The molecule has 1 saturated heterocycles. The van der Waals surface area contributed by atoms with Gasteiger partial charge in [0.05, 0.1) is 5.02 Å². The van der Waals surface area contributed by atoms with E-state index in [0.29, 0.717) is 5.92 Å². The van der Waals surface area contributed by atoms with E-state index in [2.05, 4.69) is 29.0 Å². The molecule has 0 spiro atoms. The number of benzene rings is 1. The van der Waals surface area contributed by atoms with Crippen LogP contribution in [0.2, 0.25) is 5.02 Å². The van der Waals surface area contributed by atoms with Crippen LogP contribution in [0.4, 0.5) is 4.39 Å². The number of thiocarbonyl (C=S) groups is 1. The molecular formula is C16H23ClFN3S. The van der Waals surface area contributed by atoms with Crippen molar-refractivity contribution in [3.8, 4) is 0 Å². The third kappa shape index (κ3) is 5.07. The van der Waals surface area contributed by atoms with Gasteiger partial charge in [-0.05, 0) is 35.8 Å². The van der Waals surface area contributed by atoms with Gasteiger partial charge in [0.2, 0.25) is 0 Å². The first kappa shape index (κ1) is 17.4. The Labute approximate surface area is 142 Å². The maximum atomic E-state index is 13.2. The normalized spacial score (nSPS) is 16.1. The van der Waals surface area contributed by atoms with Gasteiger partial charge >= 0.3 is 0 Å². The minimum Gasteiger partial charge on any atom is -0.362 e. The zero-order valence-electron chi connectivity index (χ0n) is 13.1. The first-order valence-electron chi connectivity index (χ1n) is 7.64. The molecule has 122 valence electrons. The molecule has 6 heteroatoms. The fraction of sp³-hybridized carbons (Fsp3) is 0.562. The highest BCUT2D eigenvalue weighted by Gasteiger charge is 2.19. The van der Waals surface area contributed by atoms with Gasteiger partial charge in [-0.15, -0.1) is 0 Å². The molecule has 0 saturated carbocycles. The lowest BCUT2D eigenvalue weighted by molar-refractivity contribution is 0.174. The average molecular weight is 344 g/mol. The van der Waals surface area contributed by atoms with Crippen molar-refractivity contribution in [3.05, 3.63) is 34.6 Å². The minimum absolute atomic E-state index is 0.190. The number of halogens is 2. The summed E-state index contributed by atoms with van der Waals surface area (Å²) < 4.78 is 13.2. The minimum atomic E-state index is -0.364. The van der Waals surface area contributed by atoms with Crippen LogP contribution in [0.25, 0.3) is 0 Å². The third-order valence-electron chi connectivity index (χ3n) is 3.71. The fourth-order valence-corrected chi connectivity index (χ4v) is 2.88. The molecule has 1 aromatic carbocycles. The Bertz CT molecular complexity index is 516. The van der Waals surface area contributed by atoms with E-state index in [1.807, 2.05) is 0 Å². The van der Waals surface area contributed by atoms with E-state index < -0.39 is 0 Å². The first-order chi connectivity index (χ1) is 10.5. The molecule has 0 bridgehead atoms. The molecule has 0 unspecified atom stereocenters. The van der Waals surface area contributed by atoms with Crippen molar-refractivity contribution in [3.63, 3.8) is 0 Å². The van der Waals surface area contributed by atoms with Crippen molar-refractivity contribution < 1.29 is 4.39 Å². The predicted molar refractivity (Wildman–Crippen MR) is 93.7 cm³/mol. The summed E-state index contributed by atoms with van der Waals surface area (Å²) in [5, 5.41) is 4.35. The van der Waals surface area contributed by atoms with Crippen molar-refractivity contribution in [1.82, 2.24) is 15.1 Å². The summed E-state index contributed by atoms with van der Waals surface area (Å²) >= 11 is 11.3. The van der Waals surface area contributed by atoms with Gasteiger partial charge in [-0.25, -0.2) is 4.39 Å². The molecule has 1 aromatic rings. The number of hydrogen-bond donors (Lipinski definition) is 1. The van der Waals surface area contributed by atoms with E-state index >= 15 is 0 Å². The van der Waals surface area contributed by atoms with Gasteiger partial charge in [0, 0.05) is 39.3 Å². The topological polar surface area (TPSA) is 18.5 Å². The lowest BCUT2D eigenvalue weighted by Crippen LogP contribution is -2.51. The molecule has 0 radical (unpaired) electrons. The van der Waals surface area contributed by atoms with Crippen molar-refractivity contribution >= 4 is 28.9 Å². The number of hydrogen-bond acceptors (Lipinski definition) is 2. The van der Waals surface area contributed by atoms with Gasteiger partial charge in [0.1, 0.15) is 5.82 Å². The average Bonchev–Trinajstić information content (AvgIpc) is 2.49. The molecule has 1 fully saturated rings. The monoisotopic (exact) mass is 343 g/mol. The highest BCUT2D eigenvalue weighted by atomic mass is 35.5. The van der Waals surface area contributed by atoms with Gasteiger partial charge in [0.15, 0.2) is 5.11 Å². The van der Waals surface area contributed by atoms with Crippen LogP contribution in [0, 0.1) is 11.7 Å². The van der Waals surface area contributed by atoms with Crippen LogP contribution in [0.1, 0.15) is 19.4 Å². The quantitative estimate of drug-likeness (QED) is 0.846. The van der Waals surface area contributed by atoms with Crippen LogP contribution in [-0.4, -0.2) is 47.6 Å². The Morgan fingerprint density at radius 2 is 2.00 bits per heavy atom. The van der Waals surface area contributed by atoms with E-state index in [9.17, 15) is 4.39 Å².